The number of rotatable bonds is 3. The molecule has 1 atom stereocenters. The van der Waals surface area contributed by atoms with E-state index in [4.69, 9.17) is 16.1 Å². The number of nitrogens with zero attached hydrogens (tertiary/aromatic N) is 2. The van der Waals surface area contributed by atoms with Crippen molar-refractivity contribution in [2.45, 2.75) is 25.5 Å². The Balaban J connectivity index is 1.64. The second-order valence-electron chi connectivity index (χ2n) is 5.10. The highest BCUT2D eigenvalue weighted by Gasteiger charge is 2.26. The van der Waals surface area contributed by atoms with E-state index in [2.05, 4.69) is 5.16 Å². The first-order valence-corrected chi connectivity index (χ1v) is 7.16. The van der Waals surface area contributed by atoms with Crippen LogP contribution in [0.4, 0.5) is 0 Å². The number of carbonyl (C=O) groups excluding carboxylic acids is 1. The molecule has 2 heterocycles. The van der Waals surface area contributed by atoms with Crippen molar-refractivity contribution >= 4 is 17.5 Å². The van der Waals surface area contributed by atoms with E-state index in [1.807, 2.05) is 24.3 Å². The molecular weight excluding hydrogens is 292 g/mol. The van der Waals surface area contributed by atoms with Crippen molar-refractivity contribution in [2.75, 3.05) is 6.54 Å². The van der Waals surface area contributed by atoms with E-state index >= 15 is 0 Å². The number of aromatic nitrogens is 1. The average Bonchev–Trinajstić information content (AvgIpc) is 2.90. The molecule has 0 unspecified atom stereocenters. The van der Waals surface area contributed by atoms with Gasteiger partial charge in [0.2, 0.25) is 5.91 Å². The number of β-amino-alcohol motifs (C(OH)–C–C–N with tert-alkyl or cyclic N) is 1. The predicted molar refractivity (Wildman–Crippen MR) is 76.7 cm³/mol. The Labute approximate surface area is 127 Å². The minimum Gasteiger partial charge on any atom is -0.387 e. The van der Waals surface area contributed by atoms with Gasteiger partial charge >= 0.3 is 0 Å². The maximum absolute atomic E-state index is 12.3. The van der Waals surface area contributed by atoms with Gasteiger partial charge in [0.25, 0.3) is 0 Å². The fraction of sp³-hybridized carbons (Fsp3) is 0.333. The molecule has 6 heteroatoms. The largest absolute Gasteiger partial charge is 0.387 e. The summed E-state index contributed by atoms with van der Waals surface area (Å²) in [5.41, 5.74) is 1.90. The van der Waals surface area contributed by atoms with Crippen molar-refractivity contribution in [3.05, 3.63) is 52.4 Å². The summed E-state index contributed by atoms with van der Waals surface area (Å²) in [4.78, 5) is 13.9. The summed E-state index contributed by atoms with van der Waals surface area (Å²) in [5, 5.41) is 14.0. The number of aliphatic hydroxyl groups excluding tert-OH is 1. The van der Waals surface area contributed by atoms with Gasteiger partial charge < -0.3 is 14.5 Å². The quantitative estimate of drug-likeness (QED) is 0.945. The van der Waals surface area contributed by atoms with Gasteiger partial charge in [-0.3, -0.25) is 4.79 Å². The maximum Gasteiger partial charge on any atom is 0.223 e. The van der Waals surface area contributed by atoms with Crippen LogP contribution in [0, 0.1) is 0 Å². The highest BCUT2D eigenvalue weighted by atomic mass is 35.5. The molecule has 1 N–H and O–H groups in total. The normalized spacial score (nSPS) is 17.6. The van der Waals surface area contributed by atoms with E-state index in [0.29, 0.717) is 36.8 Å². The molecule has 1 amide bonds. The monoisotopic (exact) mass is 306 g/mol. The van der Waals surface area contributed by atoms with Crippen LogP contribution in [0.15, 0.2) is 34.9 Å². The predicted octanol–water partition coefficient (Wildman–Crippen LogP) is 2.34. The molecule has 3 rings (SSSR count). The van der Waals surface area contributed by atoms with Crippen LogP contribution in [0.3, 0.4) is 0 Å². The van der Waals surface area contributed by atoms with Crippen LogP contribution in [0.5, 0.6) is 0 Å². The Morgan fingerprint density at radius 2 is 2.29 bits per heavy atom. The maximum atomic E-state index is 12.3. The van der Waals surface area contributed by atoms with Gasteiger partial charge in [-0.15, -0.1) is 0 Å². The number of aliphatic hydroxyl groups is 1. The number of hydrogen-bond donors (Lipinski definition) is 1. The van der Waals surface area contributed by atoms with E-state index in [0.717, 1.165) is 11.1 Å². The minimum absolute atomic E-state index is 0.0175. The summed E-state index contributed by atoms with van der Waals surface area (Å²) in [6.07, 6.45) is 0.131. The van der Waals surface area contributed by atoms with Gasteiger partial charge in [0.15, 0.2) is 5.15 Å². The van der Waals surface area contributed by atoms with E-state index in [-0.39, 0.29) is 5.91 Å². The molecule has 1 aromatic heterocycles. The van der Waals surface area contributed by atoms with Gasteiger partial charge in [0.1, 0.15) is 5.76 Å². The first-order valence-electron chi connectivity index (χ1n) is 6.78. The van der Waals surface area contributed by atoms with Gasteiger partial charge in [-0.2, -0.15) is 0 Å². The van der Waals surface area contributed by atoms with Crippen molar-refractivity contribution in [3.8, 4) is 0 Å². The van der Waals surface area contributed by atoms with Crippen LogP contribution < -0.4 is 0 Å². The number of hydrogen-bond acceptors (Lipinski definition) is 4. The zero-order valence-corrected chi connectivity index (χ0v) is 12.1. The van der Waals surface area contributed by atoms with Gasteiger partial charge in [-0.25, -0.2) is 0 Å². The molecule has 0 fully saturated rings. The van der Waals surface area contributed by atoms with Gasteiger partial charge in [-0.1, -0.05) is 41.0 Å². The molecule has 0 saturated carbocycles. The van der Waals surface area contributed by atoms with Crippen molar-refractivity contribution in [3.63, 3.8) is 0 Å². The zero-order valence-electron chi connectivity index (χ0n) is 11.3. The average molecular weight is 307 g/mol. The van der Waals surface area contributed by atoms with E-state index in [1.165, 1.54) is 0 Å². The fourth-order valence-corrected chi connectivity index (χ4v) is 2.72. The second kappa shape index (κ2) is 5.87. The molecule has 21 heavy (non-hydrogen) atoms. The molecule has 5 nitrogen and oxygen atoms in total. The van der Waals surface area contributed by atoms with Crippen molar-refractivity contribution in [1.29, 1.82) is 0 Å². The third-order valence-electron chi connectivity index (χ3n) is 3.64. The second-order valence-corrected chi connectivity index (χ2v) is 5.49. The Morgan fingerprint density at radius 1 is 1.48 bits per heavy atom. The third kappa shape index (κ3) is 3.09. The van der Waals surface area contributed by atoms with E-state index in [1.54, 1.807) is 11.0 Å². The van der Waals surface area contributed by atoms with Crippen LogP contribution in [0.25, 0.3) is 0 Å². The molecule has 0 spiro atoms. The molecule has 0 bridgehead atoms. The summed E-state index contributed by atoms with van der Waals surface area (Å²) < 4.78 is 4.98. The summed E-state index contributed by atoms with van der Waals surface area (Å²) in [6.45, 7) is 0.857. The first kappa shape index (κ1) is 14.1. The third-order valence-corrected chi connectivity index (χ3v) is 3.81. The molecular formula is C15H15ClN2O3. The number of benzene rings is 1. The number of aryl methyl sites for hydroxylation is 1. The molecule has 110 valence electrons. The molecule has 0 saturated heterocycles. The fourth-order valence-electron chi connectivity index (χ4n) is 2.56. The number of fused-ring (bicyclic) bond motifs is 1. The van der Waals surface area contributed by atoms with Crippen molar-refractivity contribution < 1.29 is 14.4 Å². The number of halogens is 1. The smallest absolute Gasteiger partial charge is 0.223 e. The van der Waals surface area contributed by atoms with Crippen molar-refractivity contribution in [1.82, 2.24) is 10.1 Å². The molecule has 1 aliphatic rings. The molecule has 1 aliphatic heterocycles. The summed E-state index contributed by atoms with van der Waals surface area (Å²) in [7, 11) is 0. The Hall–Kier alpha value is -1.85. The Bertz CT molecular complexity index is 656. The highest BCUT2D eigenvalue weighted by Crippen LogP contribution is 2.26. The molecule has 2 aromatic rings. The lowest BCUT2D eigenvalue weighted by atomic mass is 9.97. The van der Waals surface area contributed by atoms with E-state index < -0.39 is 6.10 Å². The SMILES string of the molecule is O=C(CCc1cc(Cl)no1)N1Cc2ccccc2[C@H](O)C1. The van der Waals surface area contributed by atoms with Gasteiger partial charge in [0, 0.05) is 25.5 Å². The van der Waals surface area contributed by atoms with Crippen LogP contribution in [0.1, 0.15) is 29.4 Å². The lowest BCUT2D eigenvalue weighted by molar-refractivity contribution is -0.134. The standard InChI is InChI=1S/C15H15ClN2O3/c16-14-7-11(21-17-14)5-6-15(20)18-8-10-3-1-2-4-12(10)13(19)9-18/h1-4,7,13,19H,5-6,8-9H2/t13-/m1/s1. The van der Waals surface area contributed by atoms with Crippen LogP contribution >= 0.6 is 11.6 Å². The lowest BCUT2D eigenvalue weighted by Gasteiger charge is -2.32. The van der Waals surface area contributed by atoms with Gasteiger partial charge in [0.05, 0.1) is 12.6 Å². The summed E-state index contributed by atoms with van der Waals surface area (Å²) in [6, 6.07) is 9.25. The topological polar surface area (TPSA) is 66.6 Å². The van der Waals surface area contributed by atoms with E-state index in [9.17, 15) is 9.90 Å². The number of carbonyl (C=O) groups is 1. The minimum atomic E-state index is -0.626. The first-order chi connectivity index (χ1) is 10.1. The van der Waals surface area contributed by atoms with Crippen LogP contribution in [-0.4, -0.2) is 27.6 Å². The molecule has 0 radical (unpaired) electrons. The molecule has 1 aromatic carbocycles. The van der Waals surface area contributed by atoms with Crippen LogP contribution in [0.2, 0.25) is 5.15 Å². The zero-order chi connectivity index (χ0) is 14.8. The van der Waals surface area contributed by atoms with Crippen molar-refractivity contribution in [2.24, 2.45) is 0 Å². The Morgan fingerprint density at radius 3 is 3.05 bits per heavy atom. The number of amides is 1. The lowest BCUT2D eigenvalue weighted by Crippen LogP contribution is -2.38. The summed E-state index contributed by atoms with van der Waals surface area (Å²) in [5.74, 6) is 0.572. The van der Waals surface area contributed by atoms with Gasteiger partial charge in [-0.05, 0) is 11.1 Å². The Kier molecular flexibility index (Phi) is 3.94. The summed E-state index contributed by atoms with van der Waals surface area (Å²) >= 11 is 5.67. The van der Waals surface area contributed by atoms with Crippen LogP contribution in [-0.2, 0) is 17.8 Å². The molecule has 0 aliphatic carbocycles. The highest BCUT2D eigenvalue weighted by molar-refractivity contribution is 6.29.